The first-order valence-electron chi connectivity index (χ1n) is 7.18. The molecule has 0 aliphatic rings. The first kappa shape index (κ1) is 19.0. The van der Waals surface area contributed by atoms with Gasteiger partial charge in [0.15, 0.2) is 0 Å². The summed E-state index contributed by atoms with van der Waals surface area (Å²) < 4.78 is 38.4. The Bertz CT molecular complexity index is 776. The number of amides is 2. The largest absolute Gasteiger partial charge is 0.416 e. The second-order valence-electron chi connectivity index (χ2n) is 5.34. The van der Waals surface area contributed by atoms with Crippen molar-refractivity contribution in [2.24, 2.45) is 5.73 Å². The fourth-order valence-corrected chi connectivity index (χ4v) is 2.56. The molecule has 8 heteroatoms. The summed E-state index contributed by atoms with van der Waals surface area (Å²) in [5, 5.41) is 2.50. The van der Waals surface area contributed by atoms with Gasteiger partial charge in [-0.05, 0) is 35.9 Å². The van der Waals surface area contributed by atoms with Gasteiger partial charge in [0, 0.05) is 16.5 Å². The molecule has 25 heavy (non-hydrogen) atoms. The Kier molecular flexibility index (Phi) is 5.84. The van der Waals surface area contributed by atoms with Gasteiger partial charge in [0.2, 0.25) is 5.91 Å². The minimum Gasteiger partial charge on any atom is -0.368 e. The third-order valence-corrected chi connectivity index (χ3v) is 3.95. The summed E-state index contributed by atoms with van der Waals surface area (Å²) >= 11 is 3.24. The number of nitrogens with two attached hydrogens (primary N) is 1. The number of hydrogen-bond donors (Lipinski definition) is 2. The average molecular weight is 415 g/mol. The number of primary amides is 1. The highest BCUT2D eigenvalue weighted by Crippen LogP contribution is 2.29. The first-order valence-corrected chi connectivity index (χ1v) is 7.98. The van der Waals surface area contributed by atoms with E-state index in [0.29, 0.717) is 15.6 Å². The van der Waals surface area contributed by atoms with Crippen LogP contribution in [0.4, 0.5) is 13.2 Å². The summed E-state index contributed by atoms with van der Waals surface area (Å²) in [6.45, 7) is 0. The van der Waals surface area contributed by atoms with Gasteiger partial charge in [0.1, 0.15) is 6.04 Å². The Hall–Kier alpha value is -2.35. The topological polar surface area (TPSA) is 72.2 Å². The van der Waals surface area contributed by atoms with Crippen molar-refractivity contribution in [3.05, 3.63) is 69.7 Å². The highest BCUT2D eigenvalue weighted by molar-refractivity contribution is 9.10. The van der Waals surface area contributed by atoms with E-state index in [4.69, 9.17) is 5.73 Å². The molecule has 0 spiro atoms. The maximum atomic E-state index is 12.6. The van der Waals surface area contributed by atoms with Crippen LogP contribution < -0.4 is 11.1 Å². The second kappa shape index (κ2) is 7.69. The summed E-state index contributed by atoms with van der Waals surface area (Å²) in [6.07, 6.45) is -4.44. The van der Waals surface area contributed by atoms with Gasteiger partial charge < -0.3 is 11.1 Å². The molecule has 1 atom stereocenters. The third kappa shape index (κ3) is 5.32. The van der Waals surface area contributed by atoms with Gasteiger partial charge >= 0.3 is 6.18 Å². The van der Waals surface area contributed by atoms with Crippen molar-refractivity contribution in [1.82, 2.24) is 5.32 Å². The molecule has 2 amide bonds. The highest BCUT2D eigenvalue weighted by atomic mass is 79.9. The van der Waals surface area contributed by atoms with Crippen molar-refractivity contribution in [2.45, 2.75) is 18.6 Å². The molecular weight excluding hydrogens is 401 g/mol. The van der Waals surface area contributed by atoms with Gasteiger partial charge in [-0.15, -0.1) is 0 Å². The number of hydrogen-bond acceptors (Lipinski definition) is 2. The quantitative estimate of drug-likeness (QED) is 0.787. The van der Waals surface area contributed by atoms with Gasteiger partial charge in [-0.2, -0.15) is 13.2 Å². The highest BCUT2D eigenvalue weighted by Gasteiger charge is 2.30. The number of halogens is 4. The van der Waals surface area contributed by atoms with E-state index < -0.39 is 29.6 Å². The molecule has 0 aromatic heterocycles. The van der Waals surface area contributed by atoms with Crippen LogP contribution in [-0.2, 0) is 17.4 Å². The van der Waals surface area contributed by atoms with Gasteiger partial charge in [0.25, 0.3) is 5.91 Å². The lowest BCUT2D eigenvalue weighted by atomic mass is 10.0. The molecule has 0 radical (unpaired) electrons. The number of rotatable bonds is 5. The van der Waals surface area contributed by atoms with E-state index in [-0.39, 0.29) is 6.42 Å². The molecule has 2 aromatic rings. The predicted octanol–water partition coefficient (Wildman–Crippen LogP) is 3.29. The Morgan fingerprint density at radius 3 is 2.28 bits per heavy atom. The summed E-state index contributed by atoms with van der Waals surface area (Å²) in [5.74, 6) is -1.28. The molecule has 0 unspecified atom stereocenters. The van der Waals surface area contributed by atoms with E-state index in [9.17, 15) is 22.8 Å². The molecule has 0 aliphatic carbocycles. The third-order valence-electron chi connectivity index (χ3n) is 3.46. The molecule has 0 heterocycles. The number of benzene rings is 2. The lowest BCUT2D eigenvalue weighted by Gasteiger charge is -2.16. The van der Waals surface area contributed by atoms with E-state index in [1.54, 1.807) is 24.3 Å². The maximum Gasteiger partial charge on any atom is 0.416 e. The summed E-state index contributed by atoms with van der Waals surface area (Å²) in [7, 11) is 0. The molecule has 4 nitrogen and oxygen atoms in total. The van der Waals surface area contributed by atoms with E-state index in [0.717, 1.165) is 12.1 Å². The van der Waals surface area contributed by atoms with E-state index in [1.165, 1.54) is 12.1 Å². The van der Waals surface area contributed by atoms with Crippen LogP contribution in [0.5, 0.6) is 0 Å². The molecule has 2 rings (SSSR count). The van der Waals surface area contributed by atoms with Crippen LogP contribution in [-0.4, -0.2) is 17.9 Å². The molecule has 3 N–H and O–H groups in total. The van der Waals surface area contributed by atoms with Crippen LogP contribution in [0.25, 0.3) is 0 Å². The lowest BCUT2D eigenvalue weighted by Crippen LogP contribution is -2.45. The van der Waals surface area contributed by atoms with Crippen LogP contribution in [0, 0.1) is 0 Å². The fourth-order valence-electron chi connectivity index (χ4n) is 2.16. The Labute approximate surface area is 150 Å². The molecule has 2 aromatic carbocycles. The van der Waals surface area contributed by atoms with E-state index >= 15 is 0 Å². The normalized spacial score (nSPS) is 12.5. The van der Waals surface area contributed by atoms with E-state index in [2.05, 4.69) is 21.2 Å². The molecule has 0 saturated carbocycles. The van der Waals surface area contributed by atoms with Crippen molar-refractivity contribution in [3.63, 3.8) is 0 Å². The van der Waals surface area contributed by atoms with Gasteiger partial charge in [-0.3, -0.25) is 9.59 Å². The van der Waals surface area contributed by atoms with Crippen LogP contribution in [0.3, 0.4) is 0 Å². The molecular formula is C17H14BrF3N2O2. The zero-order valence-corrected chi connectivity index (χ0v) is 14.4. The first-order chi connectivity index (χ1) is 11.7. The monoisotopic (exact) mass is 414 g/mol. The van der Waals surface area contributed by atoms with Crippen LogP contribution in [0.15, 0.2) is 53.0 Å². The molecule has 0 fully saturated rings. The average Bonchev–Trinajstić information content (AvgIpc) is 2.53. The van der Waals surface area contributed by atoms with Crippen molar-refractivity contribution >= 4 is 27.7 Å². The Morgan fingerprint density at radius 1 is 1.12 bits per heavy atom. The second-order valence-corrected chi connectivity index (χ2v) is 6.25. The maximum absolute atomic E-state index is 12.6. The fraction of sp³-hybridized carbons (Fsp3) is 0.176. The lowest BCUT2D eigenvalue weighted by molar-refractivity contribution is -0.137. The number of alkyl halides is 3. The number of carbonyl (C=O) groups is 2. The molecule has 132 valence electrons. The van der Waals surface area contributed by atoms with Crippen molar-refractivity contribution in [2.75, 3.05) is 0 Å². The predicted molar refractivity (Wildman–Crippen MR) is 89.7 cm³/mol. The van der Waals surface area contributed by atoms with E-state index in [1.807, 2.05) is 0 Å². The van der Waals surface area contributed by atoms with Crippen molar-refractivity contribution < 1.29 is 22.8 Å². The molecule has 0 saturated heterocycles. The van der Waals surface area contributed by atoms with Crippen LogP contribution in [0.2, 0.25) is 0 Å². The Balaban J connectivity index is 2.11. The number of carbonyl (C=O) groups excluding carboxylic acids is 2. The van der Waals surface area contributed by atoms with Gasteiger partial charge in [-0.1, -0.05) is 34.1 Å². The Morgan fingerprint density at radius 2 is 1.76 bits per heavy atom. The van der Waals surface area contributed by atoms with Crippen LogP contribution >= 0.6 is 15.9 Å². The van der Waals surface area contributed by atoms with Gasteiger partial charge in [-0.25, -0.2) is 0 Å². The minimum atomic E-state index is -4.43. The summed E-state index contributed by atoms with van der Waals surface area (Å²) in [6, 6.07) is 9.85. The summed E-state index contributed by atoms with van der Waals surface area (Å²) in [5.41, 5.74) is 5.29. The van der Waals surface area contributed by atoms with Crippen molar-refractivity contribution in [3.8, 4) is 0 Å². The van der Waals surface area contributed by atoms with Gasteiger partial charge in [0.05, 0.1) is 5.56 Å². The smallest absolute Gasteiger partial charge is 0.368 e. The summed E-state index contributed by atoms with van der Waals surface area (Å²) in [4.78, 5) is 23.8. The van der Waals surface area contributed by atoms with Crippen molar-refractivity contribution in [1.29, 1.82) is 0 Å². The van der Waals surface area contributed by atoms with Crippen LogP contribution in [0.1, 0.15) is 21.5 Å². The zero-order valence-electron chi connectivity index (χ0n) is 12.8. The zero-order chi connectivity index (χ0) is 18.6. The number of nitrogens with one attached hydrogen (secondary N) is 1. The molecule has 0 bridgehead atoms. The standard InChI is InChI=1S/C17H14BrF3N2O2/c18-13-3-1-2-11(9-13)16(25)23-14(15(22)24)8-10-4-6-12(7-5-10)17(19,20)21/h1-7,9,14H,8H2,(H2,22,24)(H,23,25)/t14-/m1/s1. The molecule has 0 aliphatic heterocycles. The minimum absolute atomic E-state index is 0.00673. The SMILES string of the molecule is NC(=O)[C@@H](Cc1ccc(C(F)(F)F)cc1)NC(=O)c1cccc(Br)c1.